The molecule has 4 aliphatic rings. The molecule has 3 nitrogen and oxygen atoms in total. The van der Waals surface area contributed by atoms with E-state index in [4.69, 9.17) is 4.99 Å². The van der Waals surface area contributed by atoms with E-state index < -0.39 is 0 Å². The van der Waals surface area contributed by atoms with E-state index in [2.05, 4.69) is 17.1 Å². The topological polar surface area (TPSA) is 27.6 Å². The molecule has 2 aliphatic carbocycles. The van der Waals surface area contributed by atoms with Gasteiger partial charge in [0.1, 0.15) is 0 Å². The molecule has 1 fully saturated rings. The summed E-state index contributed by atoms with van der Waals surface area (Å²) in [6.07, 6.45) is 13.3. The number of fused-ring (bicyclic) bond motifs is 3. The van der Waals surface area contributed by atoms with Crippen molar-refractivity contribution in [3.63, 3.8) is 0 Å². The average Bonchev–Trinajstić information content (AvgIpc) is 2.85. The van der Waals surface area contributed by atoms with Gasteiger partial charge in [0.2, 0.25) is 0 Å². The summed E-state index contributed by atoms with van der Waals surface area (Å²) in [6.45, 7) is 2.33. The molecule has 4 rings (SSSR count). The molecule has 2 aliphatic heterocycles. The Morgan fingerprint density at radius 2 is 2.00 bits per heavy atom. The first-order chi connectivity index (χ1) is 9.88. The standard InChI is InChI=1S/C17H27N3/c1-2-7-15-12-8-3-4-9-13(12)18-17-19-14-10-5-6-11-16(14)20(15)17/h14-16H,2-11H2,1H3,(H,18,19)/t14-,15+,16-/m0/s1. The number of rotatable bonds is 2. The number of aliphatic imine (C=N–C) groups is 1. The van der Waals surface area contributed by atoms with Gasteiger partial charge >= 0.3 is 0 Å². The van der Waals surface area contributed by atoms with Gasteiger partial charge in [0.15, 0.2) is 5.96 Å². The summed E-state index contributed by atoms with van der Waals surface area (Å²) in [5.41, 5.74) is 3.26. The van der Waals surface area contributed by atoms with Crippen molar-refractivity contribution < 1.29 is 0 Å². The summed E-state index contributed by atoms with van der Waals surface area (Å²) in [6, 6.07) is 1.93. The third-order valence-electron chi connectivity index (χ3n) is 5.66. The fourth-order valence-corrected chi connectivity index (χ4v) is 4.75. The van der Waals surface area contributed by atoms with E-state index in [9.17, 15) is 0 Å². The van der Waals surface area contributed by atoms with Gasteiger partial charge in [0, 0.05) is 5.70 Å². The van der Waals surface area contributed by atoms with Crippen LogP contribution in [0.15, 0.2) is 16.3 Å². The monoisotopic (exact) mass is 273 g/mol. The van der Waals surface area contributed by atoms with Crippen LogP contribution >= 0.6 is 0 Å². The average molecular weight is 273 g/mol. The minimum atomic E-state index is 0.576. The maximum Gasteiger partial charge on any atom is 0.199 e. The van der Waals surface area contributed by atoms with E-state index in [0.717, 1.165) is 0 Å². The van der Waals surface area contributed by atoms with E-state index in [-0.39, 0.29) is 0 Å². The molecule has 0 spiro atoms. The van der Waals surface area contributed by atoms with Gasteiger partial charge in [-0.25, -0.2) is 4.99 Å². The van der Waals surface area contributed by atoms with Crippen LogP contribution in [-0.4, -0.2) is 29.0 Å². The van der Waals surface area contributed by atoms with Crippen molar-refractivity contribution in [2.75, 3.05) is 0 Å². The summed E-state index contributed by atoms with van der Waals surface area (Å²) in [5, 5.41) is 3.72. The van der Waals surface area contributed by atoms with Crippen molar-refractivity contribution in [3.05, 3.63) is 11.3 Å². The van der Waals surface area contributed by atoms with Crippen molar-refractivity contribution in [1.82, 2.24) is 10.2 Å². The van der Waals surface area contributed by atoms with Crippen LogP contribution in [0.2, 0.25) is 0 Å². The fraction of sp³-hybridized carbons (Fsp3) is 0.824. The Bertz CT molecular complexity index is 451. The van der Waals surface area contributed by atoms with Gasteiger partial charge in [-0.1, -0.05) is 26.2 Å². The smallest absolute Gasteiger partial charge is 0.199 e. The molecule has 3 heteroatoms. The highest BCUT2D eigenvalue weighted by Crippen LogP contribution is 2.40. The molecule has 0 amide bonds. The van der Waals surface area contributed by atoms with E-state index >= 15 is 0 Å². The van der Waals surface area contributed by atoms with Gasteiger partial charge in [-0.2, -0.15) is 0 Å². The Balaban J connectivity index is 1.69. The molecule has 20 heavy (non-hydrogen) atoms. The van der Waals surface area contributed by atoms with Crippen LogP contribution in [0, 0.1) is 0 Å². The minimum absolute atomic E-state index is 0.576. The second-order valence-corrected chi connectivity index (χ2v) is 6.92. The van der Waals surface area contributed by atoms with Gasteiger partial charge in [-0.05, 0) is 50.5 Å². The molecule has 0 unspecified atom stereocenters. The van der Waals surface area contributed by atoms with Crippen molar-refractivity contribution in [3.8, 4) is 0 Å². The SMILES string of the molecule is CCC[C@@H]1C2=C(CCCC2)NC2=N[C@H]3CCCC[C@@H]3N21. The Kier molecular flexibility index (Phi) is 3.24. The number of allylic oxidation sites excluding steroid dienone is 1. The zero-order chi connectivity index (χ0) is 13.5. The van der Waals surface area contributed by atoms with Gasteiger partial charge in [0.05, 0.1) is 18.1 Å². The summed E-state index contributed by atoms with van der Waals surface area (Å²) in [4.78, 5) is 7.74. The van der Waals surface area contributed by atoms with E-state index in [0.29, 0.717) is 18.1 Å². The molecule has 2 heterocycles. The van der Waals surface area contributed by atoms with Crippen molar-refractivity contribution in [1.29, 1.82) is 0 Å². The van der Waals surface area contributed by atoms with Crippen molar-refractivity contribution >= 4 is 5.96 Å². The lowest BCUT2D eigenvalue weighted by Gasteiger charge is -2.45. The normalized spacial score (nSPS) is 36.0. The van der Waals surface area contributed by atoms with Crippen molar-refractivity contribution in [2.45, 2.75) is 89.3 Å². The maximum absolute atomic E-state index is 5.05. The van der Waals surface area contributed by atoms with E-state index in [1.807, 2.05) is 0 Å². The maximum atomic E-state index is 5.05. The Morgan fingerprint density at radius 1 is 1.15 bits per heavy atom. The predicted octanol–water partition coefficient (Wildman–Crippen LogP) is 3.57. The first-order valence-electron chi connectivity index (χ1n) is 8.73. The number of guanidine groups is 1. The van der Waals surface area contributed by atoms with E-state index in [1.165, 1.54) is 75.9 Å². The zero-order valence-electron chi connectivity index (χ0n) is 12.7. The first-order valence-corrected chi connectivity index (χ1v) is 8.73. The van der Waals surface area contributed by atoms with Crippen molar-refractivity contribution in [2.24, 2.45) is 4.99 Å². The minimum Gasteiger partial charge on any atom is -0.331 e. The molecule has 110 valence electrons. The lowest BCUT2D eigenvalue weighted by Crippen LogP contribution is -2.55. The summed E-state index contributed by atoms with van der Waals surface area (Å²) in [7, 11) is 0. The molecule has 3 atom stereocenters. The molecule has 0 saturated heterocycles. The molecule has 1 N–H and O–H groups in total. The van der Waals surface area contributed by atoms with Gasteiger partial charge < -0.3 is 10.2 Å². The molecular formula is C17H27N3. The first kappa shape index (κ1) is 12.7. The van der Waals surface area contributed by atoms with Gasteiger partial charge in [-0.15, -0.1) is 0 Å². The number of hydrogen-bond donors (Lipinski definition) is 1. The largest absolute Gasteiger partial charge is 0.331 e. The highest BCUT2D eigenvalue weighted by Gasteiger charge is 2.44. The second-order valence-electron chi connectivity index (χ2n) is 6.92. The zero-order valence-corrected chi connectivity index (χ0v) is 12.7. The lowest BCUT2D eigenvalue weighted by molar-refractivity contribution is 0.191. The number of nitrogens with one attached hydrogen (secondary N) is 1. The number of hydrogen-bond acceptors (Lipinski definition) is 3. The van der Waals surface area contributed by atoms with E-state index in [1.54, 1.807) is 5.57 Å². The quantitative estimate of drug-likeness (QED) is 0.833. The number of nitrogens with zero attached hydrogens (tertiary/aromatic N) is 2. The molecule has 0 aromatic rings. The van der Waals surface area contributed by atoms with Crippen LogP contribution in [-0.2, 0) is 0 Å². The lowest BCUT2D eigenvalue weighted by atomic mass is 9.84. The van der Waals surface area contributed by atoms with Crippen LogP contribution in [0.3, 0.4) is 0 Å². The summed E-state index contributed by atoms with van der Waals surface area (Å²) >= 11 is 0. The van der Waals surface area contributed by atoms with Crippen LogP contribution < -0.4 is 5.32 Å². The molecule has 0 aromatic carbocycles. The summed E-state index contributed by atoms with van der Waals surface area (Å²) in [5.74, 6) is 1.22. The Labute approximate surface area is 122 Å². The third-order valence-corrected chi connectivity index (χ3v) is 5.66. The van der Waals surface area contributed by atoms with Crippen LogP contribution in [0.1, 0.15) is 71.1 Å². The fourth-order valence-electron chi connectivity index (χ4n) is 4.75. The Hall–Kier alpha value is -0.990. The highest BCUT2D eigenvalue weighted by atomic mass is 15.4. The molecule has 0 radical (unpaired) electrons. The Morgan fingerprint density at radius 3 is 2.90 bits per heavy atom. The second kappa shape index (κ2) is 5.09. The van der Waals surface area contributed by atoms with Crippen LogP contribution in [0.5, 0.6) is 0 Å². The van der Waals surface area contributed by atoms with Crippen LogP contribution in [0.4, 0.5) is 0 Å². The van der Waals surface area contributed by atoms with Crippen LogP contribution in [0.25, 0.3) is 0 Å². The summed E-state index contributed by atoms with van der Waals surface area (Å²) < 4.78 is 0. The van der Waals surface area contributed by atoms with Gasteiger partial charge in [-0.3, -0.25) is 0 Å². The molecular weight excluding hydrogens is 246 g/mol. The molecule has 0 aromatic heterocycles. The third kappa shape index (κ3) is 1.89. The molecule has 0 bridgehead atoms. The molecule has 1 saturated carbocycles. The van der Waals surface area contributed by atoms with Gasteiger partial charge in [0.25, 0.3) is 0 Å². The highest BCUT2D eigenvalue weighted by molar-refractivity contribution is 5.86. The predicted molar refractivity (Wildman–Crippen MR) is 82.6 cm³/mol.